The summed E-state index contributed by atoms with van der Waals surface area (Å²) in [7, 11) is 3.18. The summed E-state index contributed by atoms with van der Waals surface area (Å²) in [5.41, 5.74) is 1.18. The molecule has 4 nitrogen and oxygen atoms in total. The van der Waals surface area contributed by atoms with Gasteiger partial charge in [0.25, 0.3) is 0 Å². The molecule has 0 aliphatic carbocycles. The zero-order chi connectivity index (χ0) is 15.2. The van der Waals surface area contributed by atoms with Crippen molar-refractivity contribution in [2.45, 2.75) is 0 Å². The van der Waals surface area contributed by atoms with E-state index >= 15 is 0 Å². The molecule has 1 heterocycles. The molecule has 0 saturated heterocycles. The van der Waals surface area contributed by atoms with E-state index in [1.807, 2.05) is 6.07 Å². The molecule has 2 rings (SSSR count). The summed E-state index contributed by atoms with van der Waals surface area (Å²) >= 11 is 2.64. The van der Waals surface area contributed by atoms with Gasteiger partial charge in [-0.2, -0.15) is 0 Å². The minimum atomic E-state index is -0.0635. The molecule has 6 heteroatoms. The van der Waals surface area contributed by atoms with Gasteiger partial charge in [0.2, 0.25) is 5.12 Å². The lowest BCUT2D eigenvalue weighted by atomic mass is 10.1. The fourth-order valence-corrected chi connectivity index (χ4v) is 3.28. The SMILES string of the molecule is C=CCSC1=N/C(=C\c2cc(OC)ccc2OC)C(=O)S1. The largest absolute Gasteiger partial charge is 0.497 e. The average Bonchev–Trinajstić information content (AvgIpc) is 2.85. The van der Waals surface area contributed by atoms with Crippen molar-refractivity contribution >= 4 is 39.1 Å². The van der Waals surface area contributed by atoms with E-state index in [2.05, 4.69) is 11.6 Å². The van der Waals surface area contributed by atoms with Crippen LogP contribution in [0.5, 0.6) is 11.5 Å². The summed E-state index contributed by atoms with van der Waals surface area (Å²) in [5.74, 6) is 2.10. The Labute approximate surface area is 132 Å². The van der Waals surface area contributed by atoms with Crippen LogP contribution in [-0.4, -0.2) is 29.5 Å². The van der Waals surface area contributed by atoms with Gasteiger partial charge in [-0.15, -0.1) is 6.58 Å². The van der Waals surface area contributed by atoms with Crippen LogP contribution in [0.3, 0.4) is 0 Å². The maximum absolute atomic E-state index is 12.0. The first kappa shape index (κ1) is 15.7. The number of ether oxygens (including phenoxy) is 2. The van der Waals surface area contributed by atoms with Crippen LogP contribution in [-0.2, 0) is 4.79 Å². The first-order chi connectivity index (χ1) is 10.2. The molecule has 0 unspecified atom stereocenters. The second-order valence-electron chi connectivity index (χ2n) is 4.00. The van der Waals surface area contributed by atoms with Gasteiger partial charge < -0.3 is 9.47 Å². The Morgan fingerprint density at radius 3 is 2.86 bits per heavy atom. The molecule has 0 atom stereocenters. The smallest absolute Gasteiger partial charge is 0.244 e. The highest BCUT2D eigenvalue weighted by Gasteiger charge is 2.22. The Morgan fingerprint density at radius 1 is 1.38 bits per heavy atom. The molecule has 0 radical (unpaired) electrons. The molecule has 1 aliphatic heterocycles. The van der Waals surface area contributed by atoms with Crippen LogP contribution in [0.2, 0.25) is 0 Å². The van der Waals surface area contributed by atoms with E-state index in [1.54, 1.807) is 38.5 Å². The summed E-state index contributed by atoms with van der Waals surface area (Å²) in [4.78, 5) is 16.3. The summed E-state index contributed by atoms with van der Waals surface area (Å²) in [6, 6.07) is 5.42. The van der Waals surface area contributed by atoms with Gasteiger partial charge in [0, 0.05) is 11.3 Å². The molecule has 21 heavy (non-hydrogen) atoms. The van der Waals surface area contributed by atoms with Crippen molar-refractivity contribution in [1.82, 2.24) is 0 Å². The third-order valence-corrected chi connectivity index (χ3v) is 4.66. The van der Waals surface area contributed by atoms with Crippen molar-refractivity contribution in [2.24, 2.45) is 4.99 Å². The number of methoxy groups -OCH3 is 2. The zero-order valence-corrected chi connectivity index (χ0v) is 13.4. The predicted molar refractivity (Wildman–Crippen MR) is 90.2 cm³/mol. The summed E-state index contributed by atoms with van der Waals surface area (Å²) in [6.45, 7) is 3.65. The molecule has 0 aromatic heterocycles. The maximum Gasteiger partial charge on any atom is 0.244 e. The number of hydrogen-bond acceptors (Lipinski definition) is 6. The Bertz CT molecular complexity index is 623. The topological polar surface area (TPSA) is 47.9 Å². The monoisotopic (exact) mass is 321 g/mol. The lowest BCUT2D eigenvalue weighted by Gasteiger charge is -2.07. The Hall–Kier alpha value is -1.66. The summed E-state index contributed by atoms with van der Waals surface area (Å²) in [5, 5.41) is -0.0635. The predicted octanol–water partition coefficient (Wildman–Crippen LogP) is 3.59. The van der Waals surface area contributed by atoms with Crippen LogP contribution in [0.1, 0.15) is 5.56 Å². The van der Waals surface area contributed by atoms with Crippen LogP contribution < -0.4 is 9.47 Å². The Kier molecular flexibility index (Phi) is 5.52. The molecule has 110 valence electrons. The van der Waals surface area contributed by atoms with Gasteiger partial charge in [-0.1, -0.05) is 17.8 Å². The number of carbonyl (C=O) groups is 1. The summed E-state index contributed by atoms with van der Waals surface area (Å²) in [6.07, 6.45) is 3.50. The highest BCUT2D eigenvalue weighted by atomic mass is 32.2. The number of benzene rings is 1. The molecule has 0 fully saturated rings. The third kappa shape index (κ3) is 3.92. The van der Waals surface area contributed by atoms with E-state index in [-0.39, 0.29) is 5.12 Å². The molecule has 0 spiro atoms. The van der Waals surface area contributed by atoms with Gasteiger partial charge in [-0.05, 0) is 36.0 Å². The highest BCUT2D eigenvalue weighted by Crippen LogP contribution is 2.33. The van der Waals surface area contributed by atoms with Crippen molar-refractivity contribution in [2.75, 3.05) is 20.0 Å². The standard InChI is InChI=1S/C15H15NO3S2/c1-4-7-20-15-16-12(14(17)21-15)9-10-8-11(18-2)5-6-13(10)19-3/h4-6,8-9H,1,7H2,2-3H3/b12-9-. The first-order valence-electron chi connectivity index (χ1n) is 6.16. The van der Waals surface area contributed by atoms with Gasteiger partial charge in [-0.3, -0.25) is 4.79 Å². The first-order valence-corrected chi connectivity index (χ1v) is 7.96. The molecule has 1 aromatic rings. The summed E-state index contributed by atoms with van der Waals surface area (Å²) < 4.78 is 11.2. The van der Waals surface area contributed by atoms with Crippen molar-refractivity contribution in [3.63, 3.8) is 0 Å². The van der Waals surface area contributed by atoms with E-state index in [0.29, 0.717) is 17.2 Å². The molecule has 1 aromatic carbocycles. The van der Waals surface area contributed by atoms with Gasteiger partial charge in [0.05, 0.1) is 14.2 Å². The van der Waals surface area contributed by atoms with E-state index in [0.717, 1.165) is 27.5 Å². The van der Waals surface area contributed by atoms with E-state index in [4.69, 9.17) is 9.47 Å². The normalized spacial score (nSPS) is 16.0. The molecule has 1 aliphatic rings. The van der Waals surface area contributed by atoms with Gasteiger partial charge in [-0.25, -0.2) is 4.99 Å². The maximum atomic E-state index is 12.0. The third-order valence-electron chi connectivity index (χ3n) is 2.65. The van der Waals surface area contributed by atoms with Gasteiger partial charge in [0.15, 0.2) is 0 Å². The van der Waals surface area contributed by atoms with Crippen LogP contribution >= 0.6 is 23.5 Å². The molecule has 0 amide bonds. The fraction of sp³-hybridized carbons (Fsp3) is 0.200. The molecule has 0 saturated carbocycles. The van der Waals surface area contributed by atoms with Crippen LogP contribution in [0.15, 0.2) is 41.5 Å². The van der Waals surface area contributed by atoms with E-state index < -0.39 is 0 Å². The van der Waals surface area contributed by atoms with Gasteiger partial charge >= 0.3 is 0 Å². The van der Waals surface area contributed by atoms with Gasteiger partial charge in [0.1, 0.15) is 21.6 Å². The van der Waals surface area contributed by atoms with Crippen molar-refractivity contribution < 1.29 is 14.3 Å². The lowest BCUT2D eigenvalue weighted by molar-refractivity contribution is -0.107. The van der Waals surface area contributed by atoms with Crippen LogP contribution in [0.25, 0.3) is 6.08 Å². The number of thioether (sulfide) groups is 2. The number of hydrogen-bond donors (Lipinski definition) is 0. The Balaban J connectivity index is 2.32. The van der Waals surface area contributed by atoms with E-state index in [9.17, 15) is 4.79 Å². The highest BCUT2D eigenvalue weighted by molar-refractivity contribution is 8.45. The second-order valence-corrected chi connectivity index (χ2v) is 6.23. The minimum Gasteiger partial charge on any atom is -0.497 e. The van der Waals surface area contributed by atoms with Crippen molar-refractivity contribution in [3.8, 4) is 11.5 Å². The number of carbonyl (C=O) groups excluding carboxylic acids is 1. The molecule has 0 bridgehead atoms. The number of rotatable bonds is 5. The Morgan fingerprint density at radius 2 is 2.19 bits per heavy atom. The van der Waals surface area contributed by atoms with Crippen LogP contribution in [0.4, 0.5) is 0 Å². The number of nitrogens with zero attached hydrogens (tertiary/aromatic N) is 1. The van der Waals surface area contributed by atoms with Crippen molar-refractivity contribution in [1.29, 1.82) is 0 Å². The molecular weight excluding hydrogens is 306 g/mol. The van der Waals surface area contributed by atoms with Crippen LogP contribution in [0, 0.1) is 0 Å². The lowest BCUT2D eigenvalue weighted by Crippen LogP contribution is -1.92. The second kappa shape index (κ2) is 7.38. The average molecular weight is 321 g/mol. The fourth-order valence-electron chi connectivity index (χ4n) is 1.68. The minimum absolute atomic E-state index is 0.0635. The zero-order valence-electron chi connectivity index (χ0n) is 11.8. The number of aliphatic imine (C=N–C) groups is 1. The quantitative estimate of drug-likeness (QED) is 0.612. The van der Waals surface area contributed by atoms with Crippen molar-refractivity contribution in [3.05, 3.63) is 42.1 Å². The molecule has 0 N–H and O–H groups in total. The molecular formula is C15H15NO3S2. The van der Waals surface area contributed by atoms with E-state index in [1.165, 1.54) is 11.8 Å².